The highest BCUT2D eigenvalue weighted by Crippen LogP contribution is 2.25. The summed E-state index contributed by atoms with van der Waals surface area (Å²) in [6.45, 7) is 0.364. The van der Waals surface area contributed by atoms with E-state index in [-0.39, 0.29) is 18.9 Å². The lowest BCUT2D eigenvalue weighted by molar-refractivity contribution is -0.148. The van der Waals surface area contributed by atoms with Gasteiger partial charge in [0.15, 0.2) is 6.10 Å². The average molecular weight is 331 g/mol. The minimum Gasteiger partial charge on any atom is -0.493 e. The van der Waals surface area contributed by atoms with Crippen LogP contribution in [0.1, 0.15) is 12.8 Å². The van der Waals surface area contributed by atoms with Gasteiger partial charge in [-0.25, -0.2) is 4.79 Å². The molecule has 1 atom stereocenters. The van der Waals surface area contributed by atoms with Crippen LogP contribution in [-0.2, 0) is 14.3 Å². The molecule has 0 saturated carbocycles. The predicted octanol–water partition coefficient (Wildman–Crippen LogP) is 2.21. The van der Waals surface area contributed by atoms with Gasteiger partial charge in [-0.05, 0) is 17.9 Å². The van der Waals surface area contributed by atoms with Crippen LogP contribution in [0.25, 0.3) is 10.8 Å². The van der Waals surface area contributed by atoms with Crippen LogP contribution in [0.5, 0.6) is 5.75 Å². The van der Waals surface area contributed by atoms with E-state index in [1.54, 1.807) is 0 Å². The Balaban J connectivity index is 1.74. The second kappa shape index (κ2) is 8.88. The van der Waals surface area contributed by atoms with Crippen LogP contribution in [0.2, 0.25) is 0 Å². The van der Waals surface area contributed by atoms with Gasteiger partial charge in [0.1, 0.15) is 5.75 Å². The van der Waals surface area contributed by atoms with E-state index >= 15 is 0 Å². The molecule has 0 spiro atoms. The first-order valence-electron chi connectivity index (χ1n) is 7.74. The Morgan fingerprint density at radius 2 is 1.92 bits per heavy atom. The first-order valence-corrected chi connectivity index (χ1v) is 7.74. The molecule has 2 N–H and O–H groups in total. The summed E-state index contributed by atoms with van der Waals surface area (Å²) in [5.74, 6) is -0.532. The van der Waals surface area contributed by atoms with Crippen LogP contribution < -0.4 is 10.1 Å². The lowest BCUT2D eigenvalue weighted by Crippen LogP contribution is -2.37. The molecule has 0 bridgehead atoms. The molecule has 2 aromatic rings. The Kier molecular flexibility index (Phi) is 6.57. The quantitative estimate of drug-likeness (QED) is 0.688. The number of nitrogens with one attached hydrogen (secondary N) is 1. The number of carboxylic acids is 1. The maximum absolute atomic E-state index is 11.7. The summed E-state index contributed by atoms with van der Waals surface area (Å²) >= 11 is 0. The fraction of sp³-hybridized carbons (Fsp3) is 0.333. The molecular formula is C18H21NO5. The number of ether oxygens (including phenoxy) is 2. The molecule has 128 valence electrons. The van der Waals surface area contributed by atoms with Gasteiger partial charge in [-0.2, -0.15) is 0 Å². The van der Waals surface area contributed by atoms with Gasteiger partial charge in [0.2, 0.25) is 5.91 Å². The molecule has 1 amide bonds. The highest BCUT2D eigenvalue weighted by atomic mass is 16.5. The highest BCUT2D eigenvalue weighted by Gasteiger charge is 2.16. The SMILES string of the molecule is COC(CNC(=O)CCCOc1cccc2ccccc12)C(=O)O. The fourth-order valence-corrected chi connectivity index (χ4v) is 2.30. The molecule has 0 radical (unpaired) electrons. The molecule has 2 aromatic carbocycles. The second-order valence-corrected chi connectivity index (χ2v) is 5.30. The Hall–Kier alpha value is -2.60. The van der Waals surface area contributed by atoms with E-state index in [1.807, 2.05) is 42.5 Å². The lowest BCUT2D eigenvalue weighted by atomic mass is 10.1. The number of carbonyl (C=O) groups excluding carboxylic acids is 1. The molecule has 6 heteroatoms. The predicted molar refractivity (Wildman–Crippen MR) is 90.1 cm³/mol. The minimum atomic E-state index is -1.10. The number of carboxylic acid groups (broad SMARTS) is 1. The van der Waals surface area contributed by atoms with Crippen molar-refractivity contribution >= 4 is 22.6 Å². The van der Waals surface area contributed by atoms with E-state index in [1.165, 1.54) is 7.11 Å². The van der Waals surface area contributed by atoms with E-state index in [0.29, 0.717) is 13.0 Å². The van der Waals surface area contributed by atoms with Gasteiger partial charge in [0.05, 0.1) is 13.2 Å². The number of benzene rings is 2. The maximum Gasteiger partial charge on any atom is 0.334 e. The van der Waals surface area contributed by atoms with E-state index in [0.717, 1.165) is 16.5 Å². The van der Waals surface area contributed by atoms with E-state index in [9.17, 15) is 9.59 Å². The number of methoxy groups -OCH3 is 1. The number of rotatable bonds is 9. The van der Waals surface area contributed by atoms with Crippen LogP contribution in [-0.4, -0.2) is 43.3 Å². The third-order valence-corrected chi connectivity index (χ3v) is 3.60. The molecule has 0 aliphatic heterocycles. The van der Waals surface area contributed by atoms with Crippen molar-refractivity contribution in [2.24, 2.45) is 0 Å². The molecule has 0 aliphatic carbocycles. The monoisotopic (exact) mass is 331 g/mol. The Bertz CT molecular complexity index is 695. The molecule has 1 unspecified atom stereocenters. The summed E-state index contributed by atoms with van der Waals surface area (Å²) in [4.78, 5) is 22.5. The Morgan fingerprint density at radius 3 is 2.67 bits per heavy atom. The smallest absolute Gasteiger partial charge is 0.334 e. The summed E-state index contributed by atoms with van der Waals surface area (Å²) in [5.41, 5.74) is 0. The van der Waals surface area contributed by atoms with Crippen LogP contribution in [0.3, 0.4) is 0 Å². The highest BCUT2D eigenvalue weighted by molar-refractivity contribution is 5.88. The average Bonchev–Trinajstić information content (AvgIpc) is 2.59. The number of carbonyl (C=O) groups is 2. The van der Waals surface area contributed by atoms with Gasteiger partial charge in [0, 0.05) is 18.9 Å². The van der Waals surface area contributed by atoms with Crippen LogP contribution in [0.4, 0.5) is 0 Å². The van der Waals surface area contributed by atoms with Crippen LogP contribution in [0, 0.1) is 0 Å². The van der Waals surface area contributed by atoms with Crippen LogP contribution >= 0.6 is 0 Å². The summed E-state index contributed by atoms with van der Waals surface area (Å²) < 4.78 is 10.5. The molecular weight excluding hydrogens is 310 g/mol. The minimum absolute atomic E-state index is 0.0468. The van der Waals surface area contributed by atoms with Crippen molar-refractivity contribution < 1.29 is 24.2 Å². The zero-order valence-corrected chi connectivity index (χ0v) is 13.5. The van der Waals surface area contributed by atoms with Crippen molar-refractivity contribution in [2.75, 3.05) is 20.3 Å². The Labute approximate surface area is 140 Å². The lowest BCUT2D eigenvalue weighted by Gasteiger charge is -2.12. The number of hydrogen-bond acceptors (Lipinski definition) is 4. The summed E-state index contributed by atoms with van der Waals surface area (Å²) in [7, 11) is 1.29. The fourth-order valence-electron chi connectivity index (χ4n) is 2.30. The molecule has 6 nitrogen and oxygen atoms in total. The van der Waals surface area contributed by atoms with E-state index in [4.69, 9.17) is 14.6 Å². The third kappa shape index (κ3) is 4.96. The van der Waals surface area contributed by atoms with Crippen molar-refractivity contribution in [3.05, 3.63) is 42.5 Å². The van der Waals surface area contributed by atoms with Crippen molar-refractivity contribution in [1.29, 1.82) is 0 Å². The van der Waals surface area contributed by atoms with Gasteiger partial charge < -0.3 is 19.9 Å². The molecule has 0 aliphatic rings. The van der Waals surface area contributed by atoms with Crippen LogP contribution in [0.15, 0.2) is 42.5 Å². The molecule has 24 heavy (non-hydrogen) atoms. The summed E-state index contributed by atoms with van der Waals surface area (Å²) in [6, 6.07) is 13.8. The molecule has 0 fully saturated rings. The number of aliphatic carboxylic acids is 1. The number of fused-ring (bicyclic) bond motifs is 1. The molecule has 0 aromatic heterocycles. The van der Waals surface area contributed by atoms with Gasteiger partial charge in [-0.15, -0.1) is 0 Å². The zero-order valence-electron chi connectivity index (χ0n) is 13.5. The van der Waals surface area contributed by atoms with Crippen molar-refractivity contribution in [1.82, 2.24) is 5.32 Å². The topological polar surface area (TPSA) is 84.9 Å². The van der Waals surface area contributed by atoms with Gasteiger partial charge in [0.25, 0.3) is 0 Å². The molecule has 2 rings (SSSR count). The Morgan fingerprint density at radius 1 is 1.17 bits per heavy atom. The normalized spacial score (nSPS) is 11.9. The van der Waals surface area contributed by atoms with Crippen molar-refractivity contribution in [2.45, 2.75) is 18.9 Å². The van der Waals surface area contributed by atoms with Crippen molar-refractivity contribution in [3.8, 4) is 5.75 Å². The van der Waals surface area contributed by atoms with Gasteiger partial charge in [-0.1, -0.05) is 36.4 Å². The zero-order chi connectivity index (χ0) is 17.4. The van der Waals surface area contributed by atoms with Gasteiger partial charge in [-0.3, -0.25) is 4.79 Å². The van der Waals surface area contributed by atoms with Gasteiger partial charge >= 0.3 is 5.97 Å². The standard InChI is InChI=1S/C18H21NO5/c1-23-16(18(21)22)12-19-17(20)10-5-11-24-15-9-4-7-13-6-2-3-8-14(13)15/h2-4,6-9,16H,5,10-12H2,1H3,(H,19,20)(H,21,22). The summed E-state index contributed by atoms with van der Waals surface area (Å²) in [6.07, 6.45) is -0.221. The van der Waals surface area contributed by atoms with E-state index < -0.39 is 12.1 Å². The first-order chi connectivity index (χ1) is 11.6. The third-order valence-electron chi connectivity index (χ3n) is 3.60. The molecule has 0 heterocycles. The van der Waals surface area contributed by atoms with E-state index in [2.05, 4.69) is 5.32 Å². The largest absolute Gasteiger partial charge is 0.493 e. The van der Waals surface area contributed by atoms with Crippen molar-refractivity contribution in [3.63, 3.8) is 0 Å². The first kappa shape index (κ1) is 17.7. The number of amides is 1. The number of hydrogen-bond donors (Lipinski definition) is 2. The maximum atomic E-state index is 11.7. The second-order valence-electron chi connectivity index (χ2n) is 5.30. The molecule has 0 saturated heterocycles. The summed E-state index contributed by atoms with van der Waals surface area (Å²) in [5, 5.41) is 13.5.